The molecule has 1 saturated heterocycles. The maximum absolute atomic E-state index is 13.0. The van der Waals surface area contributed by atoms with Gasteiger partial charge in [0.05, 0.1) is 17.8 Å². The van der Waals surface area contributed by atoms with Crippen LogP contribution in [0.1, 0.15) is 23.2 Å². The van der Waals surface area contributed by atoms with Gasteiger partial charge in [-0.2, -0.15) is 5.10 Å². The Morgan fingerprint density at radius 2 is 1.79 bits per heavy atom. The maximum Gasteiger partial charge on any atom is 0.254 e. The summed E-state index contributed by atoms with van der Waals surface area (Å²) >= 11 is 0. The number of amides is 1. The molecule has 1 aromatic carbocycles. The molecule has 2 fully saturated rings. The van der Waals surface area contributed by atoms with Crippen molar-refractivity contribution in [3.63, 3.8) is 0 Å². The number of H-pyrrole nitrogens is 1. The number of carbonyl (C=O) groups is 1. The van der Waals surface area contributed by atoms with E-state index in [4.69, 9.17) is 0 Å². The van der Waals surface area contributed by atoms with E-state index in [-0.39, 0.29) is 17.7 Å². The summed E-state index contributed by atoms with van der Waals surface area (Å²) in [5.41, 5.74) is 1.32. The highest BCUT2D eigenvalue weighted by Crippen LogP contribution is 2.37. The summed E-state index contributed by atoms with van der Waals surface area (Å²) in [6.07, 6.45) is 1.17. The fraction of sp³-hybridized carbons (Fsp3) is 0.471. The lowest BCUT2D eigenvalue weighted by Gasteiger charge is -2.31. The molecule has 1 saturated carbocycles. The van der Waals surface area contributed by atoms with Gasteiger partial charge in [-0.05, 0) is 30.7 Å². The van der Waals surface area contributed by atoms with Crippen LogP contribution in [0.2, 0.25) is 0 Å². The second-order valence-electron chi connectivity index (χ2n) is 6.72. The number of benzene rings is 1. The zero-order chi connectivity index (χ0) is 16.7. The van der Waals surface area contributed by atoms with Crippen LogP contribution < -0.4 is 0 Å². The fourth-order valence-electron chi connectivity index (χ4n) is 3.95. The van der Waals surface area contributed by atoms with Crippen molar-refractivity contribution in [2.45, 2.75) is 25.0 Å². The normalized spacial score (nSPS) is 29.5. The van der Waals surface area contributed by atoms with E-state index < -0.39 is 12.2 Å². The van der Waals surface area contributed by atoms with Gasteiger partial charge in [0.15, 0.2) is 5.82 Å². The predicted octanol–water partition coefficient (Wildman–Crippen LogP) is 0.676. The number of fused-ring (bicyclic) bond motifs is 1. The standard InChI is InChI=1S/C17H20N4O3/c22-14-5-10-7-21(8-11(10)6-15(14)23)17(24)13-4-2-1-3-12(13)16-18-9-19-20-16/h1-4,9-11,14-15,22-23H,5-8H2,(H,18,19,20)/t10-,11+,14-,15-/m0/s1. The first kappa shape index (κ1) is 15.3. The van der Waals surface area contributed by atoms with Crippen molar-refractivity contribution >= 4 is 5.91 Å². The first-order chi connectivity index (χ1) is 11.6. The minimum absolute atomic E-state index is 0.0413. The number of rotatable bonds is 2. The van der Waals surface area contributed by atoms with E-state index in [1.165, 1.54) is 6.33 Å². The van der Waals surface area contributed by atoms with E-state index in [0.29, 0.717) is 37.3 Å². The van der Waals surface area contributed by atoms with Gasteiger partial charge in [0.1, 0.15) is 6.33 Å². The quantitative estimate of drug-likeness (QED) is 0.752. The molecule has 1 amide bonds. The average molecular weight is 328 g/mol. The number of nitrogens with zero attached hydrogens (tertiary/aromatic N) is 3. The van der Waals surface area contributed by atoms with Gasteiger partial charge in [0, 0.05) is 18.7 Å². The van der Waals surface area contributed by atoms with E-state index in [0.717, 1.165) is 5.56 Å². The van der Waals surface area contributed by atoms with Crippen molar-refractivity contribution in [1.29, 1.82) is 0 Å². The molecule has 4 atom stereocenters. The topological polar surface area (TPSA) is 102 Å². The molecule has 7 heteroatoms. The maximum atomic E-state index is 13.0. The summed E-state index contributed by atoms with van der Waals surface area (Å²) in [6, 6.07) is 7.35. The molecular formula is C17H20N4O3. The molecule has 1 aliphatic carbocycles. The lowest BCUT2D eigenvalue weighted by molar-refractivity contribution is -0.0372. The van der Waals surface area contributed by atoms with E-state index in [1.54, 1.807) is 6.07 Å². The van der Waals surface area contributed by atoms with Crippen LogP contribution in [0.5, 0.6) is 0 Å². The highest BCUT2D eigenvalue weighted by atomic mass is 16.3. The van der Waals surface area contributed by atoms with Crippen LogP contribution in [-0.4, -0.2) is 61.5 Å². The number of aliphatic hydroxyl groups is 2. The van der Waals surface area contributed by atoms with Crippen molar-refractivity contribution in [2.24, 2.45) is 11.8 Å². The number of hydrogen-bond acceptors (Lipinski definition) is 5. The molecule has 0 radical (unpaired) electrons. The van der Waals surface area contributed by atoms with Crippen molar-refractivity contribution < 1.29 is 15.0 Å². The van der Waals surface area contributed by atoms with E-state index in [9.17, 15) is 15.0 Å². The smallest absolute Gasteiger partial charge is 0.254 e. The Bertz CT molecular complexity index is 715. The average Bonchev–Trinajstić information content (AvgIpc) is 3.24. The Hall–Kier alpha value is -2.25. The molecule has 1 aliphatic heterocycles. The molecular weight excluding hydrogens is 308 g/mol. The molecule has 7 nitrogen and oxygen atoms in total. The summed E-state index contributed by atoms with van der Waals surface area (Å²) < 4.78 is 0. The molecule has 24 heavy (non-hydrogen) atoms. The summed E-state index contributed by atoms with van der Waals surface area (Å²) in [6.45, 7) is 1.25. The van der Waals surface area contributed by atoms with Crippen molar-refractivity contribution in [3.05, 3.63) is 36.2 Å². The fourth-order valence-corrected chi connectivity index (χ4v) is 3.95. The van der Waals surface area contributed by atoms with Gasteiger partial charge in [-0.3, -0.25) is 9.89 Å². The van der Waals surface area contributed by atoms with Crippen LogP contribution >= 0.6 is 0 Å². The van der Waals surface area contributed by atoms with Gasteiger partial charge in [-0.15, -0.1) is 0 Å². The van der Waals surface area contributed by atoms with Crippen LogP contribution in [0.25, 0.3) is 11.4 Å². The number of nitrogens with one attached hydrogen (secondary N) is 1. The zero-order valence-corrected chi connectivity index (χ0v) is 13.2. The Kier molecular flexibility index (Phi) is 3.82. The lowest BCUT2D eigenvalue weighted by Crippen LogP contribution is -2.38. The van der Waals surface area contributed by atoms with Crippen LogP contribution in [0.3, 0.4) is 0 Å². The van der Waals surface area contributed by atoms with E-state index >= 15 is 0 Å². The minimum atomic E-state index is -0.678. The van der Waals surface area contributed by atoms with Crippen LogP contribution in [0.4, 0.5) is 0 Å². The van der Waals surface area contributed by atoms with Crippen molar-refractivity contribution in [3.8, 4) is 11.4 Å². The van der Waals surface area contributed by atoms with E-state index in [2.05, 4.69) is 15.2 Å². The van der Waals surface area contributed by atoms with E-state index in [1.807, 2.05) is 23.1 Å². The Balaban J connectivity index is 1.58. The van der Waals surface area contributed by atoms with Gasteiger partial charge in [-0.1, -0.05) is 18.2 Å². The Morgan fingerprint density at radius 1 is 1.12 bits per heavy atom. The molecule has 1 aromatic heterocycles. The third kappa shape index (κ3) is 2.59. The number of aromatic nitrogens is 3. The zero-order valence-electron chi connectivity index (χ0n) is 13.2. The van der Waals surface area contributed by atoms with Crippen molar-refractivity contribution in [2.75, 3.05) is 13.1 Å². The van der Waals surface area contributed by atoms with Crippen LogP contribution in [0.15, 0.2) is 30.6 Å². The summed E-state index contributed by atoms with van der Waals surface area (Å²) in [5, 5.41) is 26.4. The number of carbonyl (C=O) groups excluding carboxylic acids is 1. The SMILES string of the molecule is O=C(c1ccccc1-c1ncn[nH]1)N1C[C@H]2C[C@H](O)[C@@H](O)C[C@H]2C1. The van der Waals surface area contributed by atoms with Gasteiger partial charge >= 0.3 is 0 Å². The molecule has 4 rings (SSSR count). The van der Waals surface area contributed by atoms with Crippen LogP contribution in [0, 0.1) is 11.8 Å². The molecule has 2 aromatic rings. The molecule has 126 valence electrons. The molecule has 2 heterocycles. The molecule has 0 bridgehead atoms. The number of aromatic amines is 1. The lowest BCUT2D eigenvalue weighted by atomic mass is 9.79. The van der Waals surface area contributed by atoms with Gasteiger partial charge < -0.3 is 15.1 Å². The molecule has 0 spiro atoms. The Labute approximate surface area is 139 Å². The third-order valence-electron chi connectivity index (χ3n) is 5.22. The van der Waals surface area contributed by atoms with Gasteiger partial charge in [0.2, 0.25) is 0 Å². The summed E-state index contributed by atoms with van der Waals surface area (Å²) in [4.78, 5) is 19.0. The highest BCUT2D eigenvalue weighted by molar-refractivity contribution is 6.00. The first-order valence-corrected chi connectivity index (χ1v) is 8.23. The highest BCUT2D eigenvalue weighted by Gasteiger charge is 2.42. The third-order valence-corrected chi connectivity index (χ3v) is 5.22. The summed E-state index contributed by atoms with van der Waals surface area (Å²) in [5.74, 6) is 1.04. The second kappa shape index (κ2) is 5.99. The molecule has 0 unspecified atom stereocenters. The Morgan fingerprint density at radius 3 is 2.42 bits per heavy atom. The van der Waals surface area contributed by atoms with Gasteiger partial charge in [0.25, 0.3) is 5.91 Å². The van der Waals surface area contributed by atoms with Crippen LogP contribution in [-0.2, 0) is 0 Å². The summed E-state index contributed by atoms with van der Waals surface area (Å²) in [7, 11) is 0. The molecule has 3 N–H and O–H groups in total. The number of hydrogen-bond donors (Lipinski definition) is 3. The number of likely N-dealkylation sites (tertiary alicyclic amines) is 1. The largest absolute Gasteiger partial charge is 0.390 e. The predicted molar refractivity (Wildman–Crippen MR) is 85.9 cm³/mol. The second-order valence-corrected chi connectivity index (χ2v) is 6.72. The molecule has 2 aliphatic rings. The minimum Gasteiger partial charge on any atom is -0.390 e. The van der Waals surface area contributed by atoms with Gasteiger partial charge in [-0.25, -0.2) is 4.98 Å². The first-order valence-electron chi connectivity index (χ1n) is 8.23. The van der Waals surface area contributed by atoms with Crippen molar-refractivity contribution in [1.82, 2.24) is 20.1 Å². The number of aliphatic hydroxyl groups excluding tert-OH is 2. The monoisotopic (exact) mass is 328 g/mol.